The van der Waals surface area contributed by atoms with Crippen LogP contribution < -0.4 is 5.32 Å². The van der Waals surface area contributed by atoms with E-state index in [0.717, 1.165) is 18.4 Å². The molecule has 1 amide bonds. The molecule has 0 aromatic heterocycles. The number of hydrogen-bond donors (Lipinski definition) is 2. The molecule has 0 aliphatic heterocycles. The van der Waals surface area contributed by atoms with Gasteiger partial charge in [0, 0.05) is 5.57 Å². The fraction of sp³-hybridized carbons (Fsp3) is 0.700. The van der Waals surface area contributed by atoms with Gasteiger partial charge in [0.2, 0.25) is 5.91 Å². The molecule has 0 aliphatic carbocycles. The lowest BCUT2D eigenvalue weighted by Gasteiger charge is -2.13. The van der Waals surface area contributed by atoms with Gasteiger partial charge in [0.1, 0.15) is 0 Å². The van der Waals surface area contributed by atoms with E-state index in [2.05, 4.69) is 5.32 Å². The number of hydrogen-bond acceptors (Lipinski definition) is 2. The van der Waals surface area contributed by atoms with E-state index in [4.69, 9.17) is 5.11 Å². The van der Waals surface area contributed by atoms with Crippen molar-refractivity contribution in [1.82, 2.24) is 5.32 Å². The summed E-state index contributed by atoms with van der Waals surface area (Å²) in [7, 11) is 0. The van der Waals surface area contributed by atoms with Crippen LogP contribution in [0.15, 0.2) is 11.6 Å². The Morgan fingerprint density at radius 3 is 2.54 bits per heavy atom. The number of allylic oxidation sites excluding steroid dienone is 1. The van der Waals surface area contributed by atoms with Gasteiger partial charge in [-0.05, 0) is 19.8 Å². The van der Waals surface area contributed by atoms with Crippen LogP contribution in [0.4, 0.5) is 0 Å². The summed E-state index contributed by atoms with van der Waals surface area (Å²) in [6, 6.07) is -0.118. The molecule has 0 aromatic carbocycles. The molecule has 3 heteroatoms. The Kier molecular flexibility index (Phi) is 6.24. The lowest BCUT2D eigenvalue weighted by Crippen LogP contribution is -2.37. The van der Waals surface area contributed by atoms with Crippen LogP contribution in [0, 0.1) is 0 Å². The molecule has 0 saturated heterocycles. The van der Waals surface area contributed by atoms with Crippen LogP contribution in [0.3, 0.4) is 0 Å². The van der Waals surface area contributed by atoms with Crippen molar-refractivity contribution in [2.75, 3.05) is 6.61 Å². The van der Waals surface area contributed by atoms with Crippen molar-refractivity contribution in [3.63, 3.8) is 0 Å². The summed E-state index contributed by atoms with van der Waals surface area (Å²) in [5.74, 6) is -0.0808. The van der Waals surface area contributed by atoms with E-state index >= 15 is 0 Å². The van der Waals surface area contributed by atoms with Gasteiger partial charge in [0.15, 0.2) is 0 Å². The Morgan fingerprint density at radius 1 is 1.54 bits per heavy atom. The fourth-order valence-electron chi connectivity index (χ4n) is 0.975. The number of aliphatic hydroxyl groups excluding tert-OH is 1. The van der Waals surface area contributed by atoms with Crippen molar-refractivity contribution < 1.29 is 9.90 Å². The predicted octanol–water partition coefficient (Wildman–Crippen LogP) is 1.23. The first-order valence-corrected chi connectivity index (χ1v) is 4.74. The molecular formula is C10H19NO2. The molecule has 0 spiro atoms. The lowest BCUT2D eigenvalue weighted by atomic mass is 10.2. The van der Waals surface area contributed by atoms with Crippen LogP contribution in [0.1, 0.15) is 33.6 Å². The van der Waals surface area contributed by atoms with Gasteiger partial charge in [-0.25, -0.2) is 0 Å². The maximum absolute atomic E-state index is 11.4. The second kappa shape index (κ2) is 6.66. The van der Waals surface area contributed by atoms with Gasteiger partial charge in [0.05, 0.1) is 12.6 Å². The predicted molar refractivity (Wildman–Crippen MR) is 53.4 cm³/mol. The van der Waals surface area contributed by atoms with Gasteiger partial charge in [-0.2, -0.15) is 0 Å². The van der Waals surface area contributed by atoms with Crippen LogP contribution in [0.2, 0.25) is 0 Å². The van der Waals surface area contributed by atoms with Crippen molar-refractivity contribution in [3.05, 3.63) is 11.6 Å². The summed E-state index contributed by atoms with van der Waals surface area (Å²) in [5.41, 5.74) is 0.717. The molecule has 3 nitrogen and oxygen atoms in total. The smallest absolute Gasteiger partial charge is 0.246 e. The lowest BCUT2D eigenvalue weighted by molar-refractivity contribution is -0.118. The van der Waals surface area contributed by atoms with Crippen LogP contribution >= 0.6 is 0 Å². The van der Waals surface area contributed by atoms with E-state index in [0.29, 0.717) is 0 Å². The summed E-state index contributed by atoms with van der Waals surface area (Å²) in [4.78, 5) is 11.4. The average molecular weight is 185 g/mol. The van der Waals surface area contributed by atoms with E-state index in [1.807, 2.05) is 19.9 Å². The molecule has 0 saturated carbocycles. The highest BCUT2D eigenvalue weighted by atomic mass is 16.3. The highest BCUT2D eigenvalue weighted by Crippen LogP contribution is 1.97. The third-order valence-corrected chi connectivity index (χ3v) is 1.92. The molecular weight excluding hydrogens is 166 g/mol. The standard InChI is InChI=1S/C10H19NO2/c1-4-6-8(3)10(13)11-9(5-2)7-12/h6,9,12H,4-5,7H2,1-3H3,(H,11,13)/b8-6+. The van der Waals surface area contributed by atoms with E-state index in [1.165, 1.54) is 0 Å². The monoisotopic (exact) mass is 185 g/mol. The quantitative estimate of drug-likeness (QED) is 0.633. The minimum Gasteiger partial charge on any atom is -0.394 e. The van der Waals surface area contributed by atoms with Crippen molar-refractivity contribution in [1.29, 1.82) is 0 Å². The number of amides is 1. The fourth-order valence-corrected chi connectivity index (χ4v) is 0.975. The van der Waals surface area contributed by atoms with Crippen LogP contribution in [0.25, 0.3) is 0 Å². The second-order valence-electron chi connectivity index (χ2n) is 3.06. The second-order valence-corrected chi connectivity index (χ2v) is 3.06. The van der Waals surface area contributed by atoms with Crippen LogP contribution in [0.5, 0.6) is 0 Å². The SMILES string of the molecule is CC/C=C(\C)C(=O)NC(CC)CO. The molecule has 0 aliphatic rings. The first kappa shape index (κ1) is 12.2. The van der Waals surface area contributed by atoms with Gasteiger partial charge >= 0.3 is 0 Å². The maximum Gasteiger partial charge on any atom is 0.246 e. The molecule has 0 aromatic rings. The molecule has 1 atom stereocenters. The van der Waals surface area contributed by atoms with E-state index in [1.54, 1.807) is 6.92 Å². The summed E-state index contributed by atoms with van der Waals surface area (Å²) in [6.45, 7) is 5.70. The minimum absolute atomic E-state index is 0.00163. The van der Waals surface area contributed by atoms with E-state index in [-0.39, 0.29) is 18.6 Å². The number of rotatable bonds is 5. The van der Waals surface area contributed by atoms with Crippen LogP contribution in [-0.4, -0.2) is 23.7 Å². The number of aliphatic hydroxyl groups is 1. The van der Waals surface area contributed by atoms with Gasteiger partial charge in [-0.15, -0.1) is 0 Å². The van der Waals surface area contributed by atoms with Gasteiger partial charge in [-0.1, -0.05) is 19.9 Å². The zero-order chi connectivity index (χ0) is 10.3. The summed E-state index contributed by atoms with van der Waals surface area (Å²) >= 11 is 0. The van der Waals surface area contributed by atoms with Crippen molar-refractivity contribution >= 4 is 5.91 Å². The molecule has 2 N–H and O–H groups in total. The third-order valence-electron chi connectivity index (χ3n) is 1.92. The summed E-state index contributed by atoms with van der Waals surface area (Å²) < 4.78 is 0. The Bertz CT molecular complexity index is 183. The molecule has 13 heavy (non-hydrogen) atoms. The molecule has 0 rings (SSSR count). The zero-order valence-corrected chi connectivity index (χ0v) is 8.63. The van der Waals surface area contributed by atoms with Crippen molar-refractivity contribution in [3.8, 4) is 0 Å². The van der Waals surface area contributed by atoms with Crippen LogP contribution in [-0.2, 0) is 4.79 Å². The number of carbonyl (C=O) groups excluding carboxylic acids is 1. The molecule has 0 heterocycles. The topological polar surface area (TPSA) is 49.3 Å². The highest BCUT2D eigenvalue weighted by molar-refractivity contribution is 5.92. The zero-order valence-electron chi connectivity index (χ0n) is 8.63. The van der Waals surface area contributed by atoms with E-state index < -0.39 is 0 Å². The Labute approximate surface area is 79.8 Å². The summed E-state index contributed by atoms with van der Waals surface area (Å²) in [6.07, 6.45) is 3.48. The third kappa shape index (κ3) is 4.68. The van der Waals surface area contributed by atoms with Gasteiger partial charge < -0.3 is 10.4 Å². The van der Waals surface area contributed by atoms with Gasteiger partial charge in [0.25, 0.3) is 0 Å². The number of nitrogens with one attached hydrogen (secondary N) is 1. The Hall–Kier alpha value is -0.830. The molecule has 0 bridgehead atoms. The first-order chi connectivity index (χ1) is 6.15. The number of carbonyl (C=O) groups is 1. The minimum atomic E-state index is -0.118. The highest BCUT2D eigenvalue weighted by Gasteiger charge is 2.09. The normalized spacial score (nSPS) is 14.0. The molecule has 0 radical (unpaired) electrons. The van der Waals surface area contributed by atoms with Crippen molar-refractivity contribution in [2.45, 2.75) is 39.7 Å². The van der Waals surface area contributed by atoms with E-state index in [9.17, 15) is 4.79 Å². The maximum atomic E-state index is 11.4. The summed E-state index contributed by atoms with van der Waals surface area (Å²) in [5, 5.41) is 11.6. The molecule has 1 unspecified atom stereocenters. The molecule has 0 fully saturated rings. The average Bonchev–Trinajstić information content (AvgIpc) is 2.14. The Balaban J connectivity index is 4.05. The Morgan fingerprint density at radius 2 is 2.15 bits per heavy atom. The largest absolute Gasteiger partial charge is 0.394 e. The van der Waals surface area contributed by atoms with Gasteiger partial charge in [-0.3, -0.25) is 4.79 Å². The molecule has 76 valence electrons. The van der Waals surface area contributed by atoms with Crippen molar-refractivity contribution in [2.24, 2.45) is 0 Å². The first-order valence-electron chi connectivity index (χ1n) is 4.74.